The molecule has 0 spiro atoms. The van der Waals surface area contributed by atoms with Crippen molar-refractivity contribution in [1.29, 1.82) is 0 Å². The number of piperidine rings is 1. The third-order valence-corrected chi connectivity index (χ3v) is 6.66. The monoisotopic (exact) mass is 314 g/mol. The number of rotatable bonds is 3. The molecule has 3 nitrogen and oxygen atoms in total. The first-order chi connectivity index (χ1) is 11.1. The summed E-state index contributed by atoms with van der Waals surface area (Å²) in [5, 5.41) is 0. The summed E-state index contributed by atoms with van der Waals surface area (Å²) in [4.78, 5) is 5.47. The number of benzene rings is 1. The smallest absolute Gasteiger partial charge is 0.122 e. The molecule has 3 aliphatic heterocycles. The van der Waals surface area contributed by atoms with Crippen molar-refractivity contribution in [1.82, 2.24) is 9.80 Å². The molecule has 0 radical (unpaired) electrons. The number of ether oxygens (including phenoxy) is 1. The highest BCUT2D eigenvalue weighted by Crippen LogP contribution is 2.43. The Morgan fingerprint density at radius 1 is 1.17 bits per heavy atom. The van der Waals surface area contributed by atoms with E-state index in [1.807, 2.05) is 0 Å². The van der Waals surface area contributed by atoms with Gasteiger partial charge in [-0.15, -0.1) is 0 Å². The molecule has 3 aliphatic rings. The summed E-state index contributed by atoms with van der Waals surface area (Å²) in [5.41, 5.74) is 3.30. The molecular formula is C20H30N2O. The lowest BCUT2D eigenvalue weighted by Gasteiger charge is -2.45. The molecule has 23 heavy (non-hydrogen) atoms. The minimum Gasteiger partial charge on any atom is -0.496 e. The van der Waals surface area contributed by atoms with Gasteiger partial charge in [-0.1, -0.05) is 17.7 Å². The topological polar surface area (TPSA) is 15.7 Å². The van der Waals surface area contributed by atoms with Crippen LogP contribution in [0.2, 0.25) is 0 Å². The van der Waals surface area contributed by atoms with Crippen molar-refractivity contribution in [2.75, 3.05) is 33.3 Å². The molecule has 1 aromatic carbocycles. The molecule has 3 saturated heterocycles. The Hall–Kier alpha value is -1.06. The Kier molecular flexibility index (Phi) is 3.89. The SMILES string of the molecule is COc1ccc(C)cc1C1CCN(C2CN3CCC3(C)C2)CC1. The molecule has 126 valence electrons. The first-order valence-corrected chi connectivity index (χ1v) is 9.23. The van der Waals surface area contributed by atoms with Crippen LogP contribution in [0.1, 0.15) is 49.7 Å². The van der Waals surface area contributed by atoms with E-state index in [2.05, 4.69) is 41.8 Å². The van der Waals surface area contributed by atoms with E-state index in [0.29, 0.717) is 11.5 Å². The van der Waals surface area contributed by atoms with Crippen molar-refractivity contribution >= 4 is 0 Å². The maximum atomic E-state index is 5.61. The first-order valence-electron chi connectivity index (χ1n) is 9.23. The van der Waals surface area contributed by atoms with Gasteiger partial charge < -0.3 is 4.74 Å². The van der Waals surface area contributed by atoms with E-state index >= 15 is 0 Å². The zero-order valence-electron chi connectivity index (χ0n) is 14.8. The maximum absolute atomic E-state index is 5.61. The van der Waals surface area contributed by atoms with E-state index in [4.69, 9.17) is 4.74 Å². The molecule has 0 aliphatic carbocycles. The van der Waals surface area contributed by atoms with Gasteiger partial charge in [-0.2, -0.15) is 0 Å². The highest BCUT2D eigenvalue weighted by molar-refractivity contribution is 5.39. The van der Waals surface area contributed by atoms with Gasteiger partial charge in [0.15, 0.2) is 0 Å². The van der Waals surface area contributed by atoms with Gasteiger partial charge in [0.05, 0.1) is 7.11 Å². The molecule has 0 N–H and O–H groups in total. The summed E-state index contributed by atoms with van der Waals surface area (Å²) < 4.78 is 5.61. The Morgan fingerprint density at radius 2 is 1.96 bits per heavy atom. The third kappa shape index (κ3) is 2.68. The Labute approximate surface area is 140 Å². The van der Waals surface area contributed by atoms with Gasteiger partial charge in [0, 0.05) is 24.7 Å². The normalized spacial score (nSPS) is 32.6. The summed E-state index contributed by atoms with van der Waals surface area (Å²) in [6.07, 6.45) is 5.33. The van der Waals surface area contributed by atoms with E-state index < -0.39 is 0 Å². The second-order valence-corrected chi connectivity index (χ2v) is 8.11. The lowest BCUT2D eigenvalue weighted by Crippen LogP contribution is -2.53. The highest BCUT2D eigenvalue weighted by atomic mass is 16.5. The molecule has 0 aromatic heterocycles. The second kappa shape index (κ2) is 5.78. The van der Waals surface area contributed by atoms with Crippen molar-refractivity contribution in [3.05, 3.63) is 29.3 Å². The first kappa shape index (κ1) is 15.5. The minimum atomic E-state index is 0.529. The van der Waals surface area contributed by atoms with Crippen LogP contribution < -0.4 is 4.74 Å². The van der Waals surface area contributed by atoms with E-state index in [9.17, 15) is 0 Å². The molecule has 3 heteroatoms. The van der Waals surface area contributed by atoms with E-state index in [0.717, 1.165) is 11.8 Å². The maximum Gasteiger partial charge on any atom is 0.122 e. The number of hydrogen-bond acceptors (Lipinski definition) is 3. The summed E-state index contributed by atoms with van der Waals surface area (Å²) in [5.74, 6) is 1.74. The number of hydrogen-bond donors (Lipinski definition) is 0. The molecule has 0 bridgehead atoms. The predicted molar refractivity (Wildman–Crippen MR) is 94.3 cm³/mol. The molecule has 0 saturated carbocycles. The van der Waals surface area contributed by atoms with Crippen molar-refractivity contribution in [3.63, 3.8) is 0 Å². The average Bonchev–Trinajstić information content (AvgIpc) is 2.79. The molecule has 1 aromatic rings. The number of methoxy groups -OCH3 is 1. The summed E-state index contributed by atoms with van der Waals surface area (Å²) in [7, 11) is 1.80. The standard InChI is InChI=1S/C20H30N2O/c1-15-4-5-19(23-3)18(12-15)16-6-9-21(10-7-16)17-13-20(2)8-11-22(20)14-17/h4-5,12,16-17H,6-11,13-14H2,1-3H3. The highest BCUT2D eigenvalue weighted by Gasteiger charge is 2.49. The summed E-state index contributed by atoms with van der Waals surface area (Å²) >= 11 is 0. The van der Waals surface area contributed by atoms with Crippen LogP contribution in [-0.4, -0.2) is 54.7 Å². The number of likely N-dealkylation sites (tertiary alicyclic amines) is 1. The van der Waals surface area contributed by atoms with Crippen molar-refractivity contribution in [2.45, 2.75) is 57.0 Å². The van der Waals surface area contributed by atoms with Crippen molar-refractivity contribution in [3.8, 4) is 5.75 Å². The van der Waals surface area contributed by atoms with E-state index in [1.54, 1.807) is 7.11 Å². The molecule has 3 heterocycles. The molecule has 0 amide bonds. The fourth-order valence-corrected chi connectivity index (χ4v) is 5.01. The lowest BCUT2D eigenvalue weighted by atomic mass is 9.85. The summed E-state index contributed by atoms with van der Waals surface area (Å²) in [6.45, 7) is 9.76. The Balaban J connectivity index is 1.41. The number of nitrogens with zero attached hydrogens (tertiary/aromatic N) is 2. The van der Waals surface area contributed by atoms with Crippen LogP contribution in [-0.2, 0) is 0 Å². The van der Waals surface area contributed by atoms with Crippen LogP contribution in [0, 0.1) is 6.92 Å². The van der Waals surface area contributed by atoms with Crippen molar-refractivity contribution in [2.24, 2.45) is 0 Å². The second-order valence-electron chi connectivity index (χ2n) is 8.11. The number of aryl methyl sites for hydroxylation is 1. The Morgan fingerprint density at radius 3 is 2.52 bits per heavy atom. The number of fused-ring (bicyclic) bond motifs is 1. The molecule has 4 rings (SSSR count). The van der Waals surface area contributed by atoms with E-state index in [1.165, 1.54) is 63.0 Å². The Bertz CT molecular complexity index is 579. The fraction of sp³-hybridized carbons (Fsp3) is 0.700. The van der Waals surface area contributed by atoms with Gasteiger partial charge in [-0.05, 0) is 70.2 Å². The van der Waals surface area contributed by atoms with Crippen LogP contribution in [0.25, 0.3) is 0 Å². The minimum absolute atomic E-state index is 0.529. The lowest BCUT2D eigenvalue weighted by molar-refractivity contribution is 0.0447. The van der Waals surface area contributed by atoms with Gasteiger partial charge in [-0.25, -0.2) is 0 Å². The van der Waals surface area contributed by atoms with Gasteiger partial charge >= 0.3 is 0 Å². The van der Waals surface area contributed by atoms with Crippen LogP contribution in [0.5, 0.6) is 5.75 Å². The predicted octanol–water partition coefficient (Wildman–Crippen LogP) is 3.42. The van der Waals surface area contributed by atoms with Crippen LogP contribution >= 0.6 is 0 Å². The molecular weight excluding hydrogens is 284 g/mol. The average molecular weight is 314 g/mol. The third-order valence-electron chi connectivity index (χ3n) is 6.66. The fourth-order valence-electron chi connectivity index (χ4n) is 5.01. The largest absolute Gasteiger partial charge is 0.496 e. The van der Waals surface area contributed by atoms with Crippen LogP contribution in [0.15, 0.2) is 18.2 Å². The molecule has 2 atom stereocenters. The quantitative estimate of drug-likeness (QED) is 0.850. The van der Waals surface area contributed by atoms with Gasteiger partial charge in [-0.3, -0.25) is 9.80 Å². The van der Waals surface area contributed by atoms with Gasteiger partial charge in [0.2, 0.25) is 0 Å². The van der Waals surface area contributed by atoms with Crippen LogP contribution in [0.4, 0.5) is 0 Å². The zero-order valence-corrected chi connectivity index (χ0v) is 14.8. The summed E-state index contributed by atoms with van der Waals surface area (Å²) in [6, 6.07) is 7.42. The molecule has 2 unspecified atom stereocenters. The van der Waals surface area contributed by atoms with Gasteiger partial charge in [0.1, 0.15) is 5.75 Å². The van der Waals surface area contributed by atoms with Crippen LogP contribution in [0.3, 0.4) is 0 Å². The zero-order chi connectivity index (χ0) is 16.0. The van der Waals surface area contributed by atoms with E-state index in [-0.39, 0.29) is 0 Å². The van der Waals surface area contributed by atoms with Crippen molar-refractivity contribution < 1.29 is 4.74 Å². The van der Waals surface area contributed by atoms with Gasteiger partial charge in [0.25, 0.3) is 0 Å². The molecule has 3 fully saturated rings.